The number of carbonyl (C=O) groups is 1. The number of benzene rings is 1. The molecule has 2 saturated heterocycles. The lowest BCUT2D eigenvalue weighted by Gasteiger charge is -2.38. The molecule has 20 heteroatoms. The van der Waals surface area contributed by atoms with E-state index in [1.807, 2.05) is 0 Å². The summed E-state index contributed by atoms with van der Waals surface area (Å²) in [5.41, 5.74) is 1.78. The lowest BCUT2D eigenvalue weighted by molar-refractivity contribution is -0.143. The van der Waals surface area contributed by atoms with Crippen molar-refractivity contribution in [1.29, 1.82) is 5.26 Å². The molecule has 2 aliphatic heterocycles. The maximum Gasteiger partial charge on any atom is 0.319 e. The fraction of sp³-hybridized carbons (Fsp3) is 0.368. The van der Waals surface area contributed by atoms with Crippen molar-refractivity contribution in [2.24, 2.45) is 0 Å². The Morgan fingerprint density at radius 2 is 1.93 bits per heavy atom. The molecule has 7 rings (SSSR count). The van der Waals surface area contributed by atoms with E-state index in [1.165, 1.54) is 38.6 Å². The molecule has 2 fully saturated rings. The van der Waals surface area contributed by atoms with Crippen LogP contribution in [-0.2, 0) is 21.3 Å². The summed E-state index contributed by atoms with van der Waals surface area (Å²) in [6, 6.07) is 8.60. The van der Waals surface area contributed by atoms with Gasteiger partial charge in [-0.3, -0.25) is 24.0 Å². The van der Waals surface area contributed by atoms with Crippen LogP contribution in [0.2, 0.25) is 5.02 Å². The molecular formula is C38H33ClF4N8O5S2. The van der Waals surface area contributed by atoms with Crippen LogP contribution < -0.4 is 15.2 Å². The number of pyridine rings is 2. The van der Waals surface area contributed by atoms with E-state index in [0.29, 0.717) is 45.1 Å². The molecule has 1 aromatic carbocycles. The number of halogens is 5. The highest BCUT2D eigenvalue weighted by molar-refractivity contribution is 7.90. The maximum atomic E-state index is 14.1. The van der Waals surface area contributed by atoms with E-state index in [2.05, 4.69) is 37.6 Å². The predicted octanol–water partition coefficient (Wildman–Crippen LogP) is 5.21. The van der Waals surface area contributed by atoms with Gasteiger partial charge in [0.15, 0.2) is 0 Å². The number of carbonyl (C=O) groups excluding carboxylic acids is 1. The third-order valence-electron chi connectivity index (χ3n) is 10.2. The zero-order valence-electron chi connectivity index (χ0n) is 30.8. The van der Waals surface area contributed by atoms with Gasteiger partial charge in [0, 0.05) is 59.5 Å². The molecule has 302 valence electrons. The molecule has 5 aromatic rings. The summed E-state index contributed by atoms with van der Waals surface area (Å²) in [5, 5.41) is 11.4. The van der Waals surface area contributed by atoms with Crippen molar-refractivity contribution in [3.8, 4) is 29.0 Å². The average Bonchev–Trinajstić information content (AvgIpc) is 3.60. The molecule has 13 nitrogen and oxygen atoms in total. The fourth-order valence-corrected chi connectivity index (χ4v) is 9.19. The van der Waals surface area contributed by atoms with Gasteiger partial charge in [-0.2, -0.15) is 14.0 Å². The van der Waals surface area contributed by atoms with Gasteiger partial charge in [0.2, 0.25) is 10.0 Å². The summed E-state index contributed by atoms with van der Waals surface area (Å²) in [7, 11) is -2.26. The number of amides is 1. The van der Waals surface area contributed by atoms with E-state index in [0.717, 1.165) is 0 Å². The number of aromatic nitrogens is 4. The second-order valence-electron chi connectivity index (χ2n) is 13.9. The van der Waals surface area contributed by atoms with Gasteiger partial charge in [-0.05, 0) is 44.0 Å². The van der Waals surface area contributed by atoms with Crippen LogP contribution in [0.3, 0.4) is 0 Å². The molecule has 0 atom stereocenters. The lowest BCUT2D eigenvalue weighted by atomic mass is 10.00. The number of hydrogen-bond donors (Lipinski definition) is 1. The molecule has 0 radical (unpaired) electrons. The van der Waals surface area contributed by atoms with Gasteiger partial charge < -0.3 is 9.64 Å². The van der Waals surface area contributed by atoms with Crippen LogP contribution in [0.4, 0.5) is 23.4 Å². The second kappa shape index (κ2) is 16.2. The van der Waals surface area contributed by atoms with E-state index in [-0.39, 0.29) is 72.3 Å². The van der Waals surface area contributed by atoms with Crippen molar-refractivity contribution >= 4 is 65.8 Å². The van der Waals surface area contributed by atoms with Crippen LogP contribution in [0.15, 0.2) is 46.8 Å². The Morgan fingerprint density at radius 3 is 2.60 bits per heavy atom. The Kier molecular flexibility index (Phi) is 11.5. The summed E-state index contributed by atoms with van der Waals surface area (Å²) in [4.78, 5) is 43.5. The number of sulfonamides is 1. The summed E-state index contributed by atoms with van der Waals surface area (Å²) in [5.74, 6) is 1.71. The molecule has 58 heavy (non-hydrogen) atoms. The van der Waals surface area contributed by atoms with Crippen molar-refractivity contribution in [2.75, 3.05) is 44.8 Å². The number of piperidine rings is 1. The maximum absolute atomic E-state index is 14.1. The van der Waals surface area contributed by atoms with Gasteiger partial charge in [-0.1, -0.05) is 23.4 Å². The topological polar surface area (TPSA) is 163 Å². The number of hydrogen-bond acceptors (Lipinski definition) is 12. The van der Waals surface area contributed by atoms with Crippen LogP contribution in [0, 0.1) is 30.1 Å². The first-order valence-electron chi connectivity index (χ1n) is 17.8. The number of nitriles is 1. The molecular weight excluding hydrogens is 824 g/mol. The van der Waals surface area contributed by atoms with Crippen molar-refractivity contribution in [2.45, 2.75) is 49.9 Å². The minimum atomic E-state index is -4.12. The fourth-order valence-electron chi connectivity index (χ4n) is 6.90. The van der Waals surface area contributed by atoms with Crippen LogP contribution >= 0.6 is 22.9 Å². The molecule has 0 bridgehead atoms. The molecule has 0 spiro atoms. The van der Waals surface area contributed by atoms with E-state index >= 15 is 0 Å². The number of anilines is 1. The van der Waals surface area contributed by atoms with Crippen molar-refractivity contribution in [3.63, 3.8) is 0 Å². The average molecular weight is 857 g/mol. The normalized spacial score (nSPS) is 15.6. The summed E-state index contributed by atoms with van der Waals surface area (Å²) in [6.07, 6.45) is -0.198. The number of nitrogens with one attached hydrogen (secondary N) is 1. The van der Waals surface area contributed by atoms with Gasteiger partial charge in [-0.25, -0.2) is 31.9 Å². The van der Waals surface area contributed by atoms with E-state index in [9.17, 15) is 40.8 Å². The molecule has 4 aromatic heterocycles. The van der Waals surface area contributed by atoms with E-state index < -0.39 is 45.6 Å². The van der Waals surface area contributed by atoms with Gasteiger partial charge >= 0.3 is 12.3 Å². The monoisotopic (exact) mass is 856 g/mol. The Hall–Kier alpha value is -5.18. The van der Waals surface area contributed by atoms with Gasteiger partial charge in [0.1, 0.15) is 28.5 Å². The summed E-state index contributed by atoms with van der Waals surface area (Å²) in [6.45, 7) is 0.725. The number of fused-ring (bicyclic) bond motifs is 2. The first-order valence-corrected chi connectivity index (χ1v) is 20.6. The third kappa shape index (κ3) is 7.97. The van der Waals surface area contributed by atoms with Crippen LogP contribution in [0.25, 0.3) is 32.2 Å². The molecule has 1 amide bonds. The van der Waals surface area contributed by atoms with E-state index in [4.69, 9.17) is 16.3 Å². The number of rotatable bonds is 10. The minimum absolute atomic E-state index is 0.00386. The number of ether oxygens (including phenoxy) is 1. The molecule has 0 aliphatic carbocycles. The van der Waals surface area contributed by atoms with Gasteiger partial charge in [0.05, 0.1) is 59.2 Å². The smallest absolute Gasteiger partial charge is 0.319 e. The standard InChI is InChI=1S/C38H33ClF4N8O5S2/c1-21-47-30-16-46-34(49(2)24-8-12-50(13-9-24)20-38(42,43)37(40)41)28(15-44)31(30)36(53)51(21)11-3-4-22-5-6-23(39)14-27(22)26-7-10-45-32-29(19-57-33(26)32)35(52)48-58(54,55)25-17-56-18-25/h5-7,10,14,16,19,24-25,37H,8-9,11-13,17-18,20H2,1-2H3,(H,48,52). The summed E-state index contributed by atoms with van der Waals surface area (Å²) >= 11 is 7.63. The Balaban J connectivity index is 1.15. The SMILES string of the molecule is Cc1nc2cnc(N(C)C3CCN(CC(F)(F)C(F)F)CC3)c(C#N)c2c(=O)n1CC#Cc1ccc(Cl)cc1-c1ccnc2c(C(=O)NS(=O)(=O)C3COC3)csc12. The Labute approximate surface area is 338 Å². The lowest BCUT2D eigenvalue weighted by Crippen LogP contribution is -2.49. The number of thiophene rings is 1. The highest BCUT2D eigenvalue weighted by Crippen LogP contribution is 2.37. The molecule has 0 unspecified atom stereocenters. The minimum Gasteiger partial charge on any atom is -0.378 e. The van der Waals surface area contributed by atoms with Crippen molar-refractivity contribution < 1.29 is 35.5 Å². The third-order valence-corrected chi connectivity index (χ3v) is 13.0. The quantitative estimate of drug-likeness (QED) is 0.145. The Bertz CT molecular complexity index is 2720. The number of aryl methyl sites for hydroxylation is 1. The zero-order valence-corrected chi connectivity index (χ0v) is 33.2. The first-order chi connectivity index (χ1) is 27.6. The predicted molar refractivity (Wildman–Crippen MR) is 210 cm³/mol. The number of alkyl halides is 4. The van der Waals surface area contributed by atoms with Crippen molar-refractivity contribution in [1.82, 2.24) is 29.1 Å². The second-order valence-corrected chi connectivity index (χ2v) is 17.1. The van der Waals surface area contributed by atoms with Crippen molar-refractivity contribution in [3.05, 3.63) is 79.9 Å². The molecule has 1 N–H and O–H groups in total. The van der Waals surface area contributed by atoms with Crippen LogP contribution in [0.5, 0.6) is 0 Å². The number of nitrogens with zero attached hydrogens (tertiary/aromatic N) is 7. The zero-order chi connectivity index (χ0) is 41.5. The summed E-state index contributed by atoms with van der Waals surface area (Å²) < 4.78 is 87.0. The molecule has 0 saturated carbocycles. The largest absolute Gasteiger partial charge is 0.378 e. The number of likely N-dealkylation sites (tertiary alicyclic amines) is 1. The van der Waals surface area contributed by atoms with Crippen LogP contribution in [-0.4, -0.2) is 102 Å². The Morgan fingerprint density at radius 1 is 1.19 bits per heavy atom. The van der Waals surface area contributed by atoms with Gasteiger partial charge in [0.25, 0.3) is 11.5 Å². The highest BCUT2D eigenvalue weighted by atomic mass is 35.5. The highest BCUT2D eigenvalue weighted by Gasteiger charge is 2.43. The molecule has 2 aliphatic rings. The van der Waals surface area contributed by atoms with Crippen LogP contribution in [0.1, 0.15) is 40.2 Å². The van der Waals surface area contributed by atoms with E-state index in [1.54, 1.807) is 43.1 Å². The van der Waals surface area contributed by atoms with Gasteiger partial charge in [-0.15, -0.1) is 11.3 Å². The first kappa shape index (κ1) is 41.0. The molecule has 6 heterocycles.